The van der Waals surface area contributed by atoms with Gasteiger partial charge in [-0.05, 0) is 26.3 Å². The second-order valence-corrected chi connectivity index (χ2v) is 9.79. The highest BCUT2D eigenvalue weighted by molar-refractivity contribution is 6.00. The summed E-state index contributed by atoms with van der Waals surface area (Å²) in [6, 6.07) is 9.94. The van der Waals surface area contributed by atoms with E-state index >= 15 is 0 Å². The summed E-state index contributed by atoms with van der Waals surface area (Å²) in [5.41, 5.74) is 6.75. The number of fused-ring (bicyclic) bond motifs is 3. The van der Waals surface area contributed by atoms with Crippen molar-refractivity contribution in [2.75, 3.05) is 42.8 Å². The molecule has 3 aromatic heterocycles. The lowest BCUT2D eigenvalue weighted by Gasteiger charge is -2.31. The van der Waals surface area contributed by atoms with Crippen LogP contribution in [0.2, 0.25) is 0 Å². The number of aryl methyl sites for hydroxylation is 2. The molecular formula is C27H30N10O2. The lowest BCUT2D eigenvalue weighted by molar-refractivity contribution is 0.0958. The predicted molar refractivity (Wildman–Crippen MR) is 148 cm³/mol. The van der Waals surface area contributed by atoms with Gasteiger partial charge in [-0.1, -0.05) is 12.1 Å². The molecule has 2 aliphatic rings. The normalized spacial score (nSPS) is 16.0. The van der Waals surface area contributed by atoms with Gasteiger partial charge in [0.05, 0.1) is 48.1 Å². The van der Waals surface area contributed by atoms with Crippen molar-refractivity contribution in [1.29, 1.82) is 0 Å². The molecule has 1 fully saturated rings. The van der Waals surface area contributed by atoms with Crippen LogP contribution in [0.3, 0.4) is 0 Å². The first-order chi connectivity index (χ1) is 18.9. The quantitative estimate of drug-likeness (QED) is 0.343. The molecule has 4 aromatic rings. The number of aromatic nitrogens is 6. The van der Waals surface area contributed by atoms with Crippen molar-refractivity contribution in [3.63, 3.8) is 0 Å². The number of hydrogen-bond acceptors (Lipinski definition) is 10. The van der Waals surface area contributed by atoms with Gasteiger partial charge >= 0.3 is 0 Å². The fourth-order valence-corrected chi connectivity index (χ4v) is 5.27. The Bertz CT molecular complexity index is 1540. The highest BCUT2D eigenvalue weighted by Gasteiger charge is 2.30. The maximum atomic E-state index is 12.7. The topological polar surface area (TPSA) is 135 Å². The standard InChI is InChI=1S/C27H30N10O2/c1-15-10-23(31-16(2)30-15)33-24-11-21(25(35-34-24)27(38)28-3)32-20-7-5-6-18-19-12-29-37(17-8-9-39-14-17)22(19)13-36(4)26(18)20/h5-7,10-12,17H,8-9,13-14H2,1-4H3,(H,28,38)(H2,30,31,32,33,34)/t17-/m1/s1. The molecule has 1 atom stereocenters. The summed E-state index contributed by atoms with van der Waals surface area (Å²) in [5.74, 6) is 1.35. The van der Waals surface area contributed by atoms with Crippen LogP contribution in [0.15, 0.2) is 36.5 Å². The molecule has 5 heterocycles. The summed E-state index contributed by atoms with van der Waals surface area (Å²) in [6.45, 7) is 5.89. The Labute approximate surface area is 225 Å². The van der Waals surface area contributed by atoms with Crippen molar-refractivity contribution >= 4 is 34.6 Å². The van der Waals surface area contributed by atoms with Crippen molar-refractivity contribution in [3.8, 4) is 11.1 Å². The number of amides is 1. The van der Waals surface area contributed by atoms with Gasteiger partial charge in [-0.15, -0.1) is 10.2 Å². The van der Waals surface area contributed by atoms with Crippen molar-refractivity contribution < 1.29 is 9.53 Å². The van der Waals surface area contributed by atoms with Crippen LogP contribution in [0.5, 0.6) is 0 Å². The minimum absolute atomic E-state index is 0.184. The number of anilines is 5. The van der Waals surface area contributed by atoms with Crippen LogP contribution >= 0.6 is 0 Å². The van der Waals surface area contributed by atoms with E-state index in [0.29, 0.717) is 36.3 Å². The van der Waals surface area contributed by atoms with E-state index in [2.05, 4.69) is 58.8 Å². The number of ether oxygens (including phenoxy) is 1. The second-order valence-electron chi connectivity index (χ2n) is 9.79. The summed E-state index contributed by atoms with van der Waals surface area (Å²) in [4.78, 5) is 23.6. The van der Waals surface area contributed by atoms with Crippen LogP contribution in [-0.2, 0) is 11.3 Å². The Balaban J connectivity index is 1.38. The summed E-state index contributed by atoms with van der Waals surface area (Å²) in [7, 11) is 3.63. The molecule has 39 heavy (non-hydrogen) atoms. The molecule has 3 N–H and O–H groups in total. The Kier molecular flexibility index (Phi) is 6.31. The third kappa shape index (κ3) is 4.63. The number of hydrogen-bond donors (Lipinski definition) is 3. The van der Waals surface area contributed by atoms with Crippen LogP contribution < -0.4 is 20.9 Å². The molecule has 0 radical (unpaired) electrons. The van der Waals surface area contributed by atoms with Crippen molar-refractivity contribution in [2.45, 2.75) is 32.9 Å². The zero-order valence-electron chi connectivity index (χ0n) is 22.3. The Morgan fingerprint density at radius 2 is 1.92 bits per heavy atom. The first kappa shape index (κ1) is 24.7. The molecule has 200 valence electrons. The van der Waals surface area contributed by atoms with Crippen molar-refractivity contribution in [3.05, 3.63) is 59.4 Å². The highest BCUT2D eigenvalue weighted by Crippen LogP contribution is 2.44. The molecule has 1 amide bonds. The Hall–Kier alpha value is -4.58. The minimum Gasteiger partial charge on any atom is -0.379 e. The van der Waals surface area contributed by atoms with Crippen LogP contribution in [0.25, 0.3) is 11.1 Å². The number of rotatable bonds is 6. The second kappa shape index (κ2) is 9.95. The van der Waals surface area contributed by atoms with E-state index in [9.17, 15) is 4.79 Å². The summed E-state index contributed by atoms with van der Waals surface area (Å²) in [5, 5.41) is 22.5. The lowest BCUT2D eigenvalue weighted by Crippen LogP contribution is -2.26. The van der Waals surface area contributed by atoms with Gasteiger partial charge in [0.2, 0.25) is 0 Å². The third-order valence-corrected chi connectivity index (χ3v) is 6.97. The maximum absolute atomic E-state index is 12.7. The Morgan fingerprint density at radius 1 is 1.05 bits per heavy atom. The minimum atomic E-state index is -0.342. The van der Waals surface area contributed by atoms with Crippen LogP contribution in [0.1, 0.15) is 40.2 Å². The Morgan fingerprint density at radius 3 is 2.69 bits per heavy atom. The smallest absolute Gasteiger partial charge is 0.273 e. The van der Waals surface area contributed by atoms with Gasteiger partial charge in [-0.3, -0.25) is 9.48 Å². The van der Waals surface area contributed by atoms with E-state index in [1.54, 1.807) is 13.1 Å². The van der Waals surface area contributed by atoms with Gasteiger partial charge in [0.25, 0.3) is 5.91 Å². The number of benzene rings is 1. The third-order valence-electron chi connectivity index (χ3n) is 6.97. The van der Waals surface area contributed by atoms with E-state index in [0.717, 1.165) is 41.2 Å². The molecule has 0 bridgehead atoms. The number of carbonyl (C=O) groups excluding carboxylic acids is 1. The van der Waals surface area contributed by atoms with Crippen molar-refractivity contribution in [2.24, 2.45) is 0 Å². The first-order valence-electron chi connectivity index (χ1n) is 12.9. The fraction of sp³-hybridized carbons (Fsp3) is 0.333. The summed E-state index contributed by atoms with van der Waals surface area (Å²) >= 11 is 0. The number of nitrogens with zero attached hydrogens (tertiary/aromatic N) is 7. The maximum Gasteiger partial charge on any atom is 0.273 e. The molecule has 0 unspecified atom stereocenters. The van der Waals surface area contributed by atoms with Crippen molar-refractivity contribution in [1.82, 2.24) is 35.3 Å². The first-order valence-corrected chi connectivity index (χ1v) is 12.9. The molecule has 0 saturated carbocycles. The molecule has 1 aromatic carbocycles. The van der Waals surface area contributed by atoms with Gasteiger partial charge in [0, 0.05) is 49.7 Å². The van der Waals surface area contributed by atoms with Gasteiger partial charge in [-0.25, -0.2) is 9.97 Å². The highest BCUT2D eigenvalue weighted by atomic mass is 16.5. The molecule has 0 aliphatic carbocycles. The predicted octanol–water partition coefficient (Wildman–Crippen LogP) is 3.50. The van der Waals surface area contributed by atoms with Gasteiger partial charge in [-0.2, -0.15) is 5.10 Å². The SMILES string of the molecule is CNC(=O)c1nnc(Nc2cc(C)nc(C)n2)cc1Nc1cccc2c1N(C)Cc1c-2cnn1[C@@H]1CCOC1. The molecule has 12 nitrogen and oxygen atoms in total. The van der Waals surface area contributed by atoms with E-state index < -0.39 is 0 Å². The number of para-hydroxylation sites is 1. The zero-order valence-corrected chi connectivity index (χ0v) is 22.3. The molecule has 1 saturated heterocycles. The zero-order chi connectivity index (χ0) is 27.1. The average Bonchev–Trinajstić information content (AvgIpc) is 3.58. The monoisotopic (exact) mass is 526 g/mol. The number of carbonyl (C=O) groups is 1. The summed E-state index contributed by atoms with van der Waals surface area (Å²) in [6.07, 6.45) is 2.91. The largest absolute Gasteiger partial charge is 0.379 e. The van der Waals surface area contributed by atoms with E-state index in [1.807, 2.05) is 38.2 Å². The van der Waals surface area contributed by atoms with Crippen LogP contribution in [-0.4, -0.2) is 63.2 Å². The van der Waals surface area contributed by atoms with Gasteiger partial charge in [0.15, 0.2) is 11.5 Å². The molecule has 0 spiro atoms. The van der Waals surface area contributed by atoms with E-state index in [1.165, 1.54) is 5.69 Å². The lowest BCUT2D eigenvalue weighted by atomic mass is 9.97. The van der Waals surface area contributed by atoms with Gasteiger partial charge < -0.3 is 25.6 Å². The van der Waals surface area contributed by atoms with E-state index in [-0.39, 0.29) is 17.6 Å². The molecule has 12 heteroatoms. The fourth-order valence-electron chi connectivity index (χ4n) is 5.27. The molecular weight excluding hydrogens is 496 g/mol. The van der Waals surface area contributed by atoms with Gasteiger partial charge in [0.1, 0.15) is 11.6 Å². The van der Waals surface area contributed by atoms with Crippen LogP contribution in [0.4, 0.5) is 28.7 Å². The average molecular weight is 527 g/mol. The van der Waals surface area contributed by atoms with E-state index in [4.69, 9.17) is 9.84 Å². The van der Waals surface area contributed by atoms with Crippen LogP contribution in [0, 0.1) is 13.8 Å². The molecule has 6 rings (SSSR count). The number of nitrogens with one attached hydrogen (secondary N) is 3. The molecule has 2 aliphatic heterocycles. The summed E-state index contributed by atoms with van der Waals surface area (Å²) < 4.78 is 7.73.